The Balaban J connectivity index is 1.96. The van der Waals surface area contributed by atoms with Crippen LogP contribution >= 0.6 is 0 Å². The fourth-order valence-electron chi connectivity index (χ4n) is 2.68. The third-order valence-corrected chi connectivity index (χ3v) is 3.83. The lowest BCUT2D eigenvalue weighted by Crippen LogP contribution is -2.36. The molecule has 1 fully saturated rings. The van der Waals surface area contributed by atoms with Gasteiger partial charge in [0, 0.05) is 7.11 Å². The third-order valence-electron chi connectivity index (χ3n) is 3.83. The summed E-state index contributed by atoms with van der Waals surface area (Å²) in [4.78, 5) is 12.2. The molecule has 1 aliphatic heterocycles. The molecule has 4 atom stereocenters. The summed E-state index contributed by atoms with van der Waals surface area (Å²) < 4.78 is 17.9. The minimum absolute atomic E-state index is 0.00384. The van der Waals surface area contributed by atoms with Gasteiger partial charge < -0.3 is 35.9 Å². The number of rotatable bonds is 6. The van der Waals surface area contributed by atoms with Crippen LogP contribution in [0.5, 0.6) is 0 Å². The first-order chi connectivity index (χ1) is 11.6. The quantitative estimate of drug-likeness (QED) is 0.444. The standard InChI is InChI=1S/C13H20N6O5/c1-22-2-3-23-9-8(21)6(4-20)24-12(9)19-5-16-7-10(14)17-13(15)18-11(7)19/h5-6,8-9,12,20-21H,2-4H2,1H3,(H4,14,15,17,18)/t6-,8?,9?,12-/m1/s1. The maximum atomic E-state index is 10.3. The van der Waals surface area contributed by atoms with Gasteiger partial charge in [-0.1, -0.05) is 0 Å². The molecule has 11 heteroatoms. The molecule has 1 aliphatic rings. The van der Waals surface area contributed by atoms with Gasteiger partial charge in [0.25, 0.3) is 0 Å². The minimum Gasteiger partial charge on any atom is -0.394 e. The van der Waals surface area contributed by atoms with Crippen LogP contribution in [0, 0.1) is 0 Å². The van der Waals surface area contributed by atoms with E-state index in [1.54, 1.807) is 11.7 Å². The Kier molecular flexibility index (Phi) is 4.78. The van der Waals surface area contributed by atoms with E-state index >= 15 is 0 Å². The number of hydrogen-bond donors (Lipinski definition) is 4. The SMILES string of the molecule is COCCOC1C(O)[C@@H](CO)O[C@H]1n1cnc2c(N)nc(N)nc21. The molecule has 1 saturated heterocycles. The average molecular weight is 340 g/mol. The van der Waals surface area contributed by atoms with E-state index in [2.05, 4.69) is 15.0 Å². The van der Waals surface area contributed by atoms with Crippen LogP contribution in [0.3, 0.4) is 0 Å². The van der Waals surface area contributed by atoms with Crippen molar-refractivity contribution < 1.29 is 24.4 Å². The van der Waals surface area contributed by atoms with E-state index in [9.17, 15) is 10.2 Å². The minimum atomic E-state index is -1.02. The number of aromatic nitrogens is 4. The zero-order valence-corrected chi connectivity index (χ0v) is 13.1. The van der Waals surface area contributed by atoms with Crippen LogP contribution < -0.4 is 11.5 Å². The maximum absolute atomic E-state index is 10.3. The van der Waals surface area contributed by atoms with Crippen molar-refractivity contribution in [2.24, 2.45) is 0 Å². The largest absolute Gasteiger partial charge is 0.394 e. The van der Waals surface area contributed by atoms with Crippen LogP contribution in [0.2, 0.25) is 0 Å². The zero-order valence-electron chi connectivity index (χ0n) is 13.1. The molecule has 0 saturated carbocycles. The number of aliphatic hydroxyl groups excluding tert-OH is 2. The number of imidazole rings is 1. The first-order valence-electron chi connectivity index (χ1n) is 7.37. The Labute approximate surface area is 137 Å². The summed E-state index contributed by atoms with van der Waals surface area (Å²) in [5.74, 6) is 0.140. The number of fused-ring (bicyclic) bond motifs is 1. The molecular weight excluding hydrogens is 320 g/mol. The van der Waals surface area contributed by atoms with Gasteiger partial charge in [-0.2, -0.15) is 9.97 Å². The number of methoxy groups -OCH3 is 1. The first kappa shape index (κ1) is 16.8. The molecule has 2 unspecified atom stereocenters. The molecule has 6 N–H and O–H groups in total. The molecule has 3 heterocycles. The molecule has 132 valence electrons. The number of hydrogen-bond acceptors (Lipinski definition) is 10. The highest BCUT2D eigenvalue weighted by atomic mass is 16.6. The van der Waals surface area contributed by atoms with Gasteiger partial charge >= 0.3 is 0 Å². The van der Waals surface area contributed by atoms with E-state index in [4.69, 9.17) is 25.7 Å². The van der Waals surface area contributed by atoms with Crippen molar-refractivity contribution in [3.8, 4) is 0 Å². The lowest BCUT2D eigenvalue weighted by molar-refractivity contribution is -0.0785. The van der Waals surface area contributed by atoms with Gasteiger partial charge in [0.05, 0.1) is 26.1 Å². The Morgan fingerprint density at radius 1 is 1.33 bits per heavy atom. The van der Waals surface area contributed by atoms with Gasteiger partial charge in [-0.05, 0) is 0 Å². The van der Waals surface area contributed by atoms with Gasteiger partial charge in [-0.3, -0.25) is 4.57 Å². The molecule has 0 radical (unpaired) electrons. The molecule has 3 rings (SSSR count). The fourth-order valence-corrected chi connectivity index (χ4v) is 2.68. The lowest BCUT2D eigenvalue weighted by Gasteiger charge is -2.22. The Hall–Kier alpha value is -2.05. The number of nitrogens with zero attached hydrogens (tertiary/aromatic N) is 4. The van der Waals surface area contributed by atoms with E-state index in [0.717, 1.165) is 0 Å². The molecule has 0 spiro atoms. The Bertz CT molecular complexity index is 709. The smallest absolute Gasteiger partial charge is 0.224 e. The van der Waals surface area contributed by atoms with Crippen LogP contribution in [-0.2, 0) is 14.2 Å². The summed E-state index contributed by atoms with van der Waals surface area (Å²) in [5.41, 5.74) is 12.2. The summed E-state index contributed by atoms with van der Waals surface area (Å²) >= 11 is 0. The normalized spacial score (nSPS) is 27.1. The van der Waals surface area contributed by atoms with Gasteiger partial charge in [-0.15, -0.1) is 0 Å². The van der Waals surface area contributed by atoms with Gasteiger partial charge in [0.1, 0.15) is 23.8 Å². The Morgan fingerprint density at radius 2 is 2.12 bits per heavy atom. The highest BCUT2D eigenvalue weighted by Crippen LogP contribution is 2.34. The summed E-state index contributed by atoms with van der Waals surface area (Å²) in [6.45, 7) is 0.252. The number of nitrogen functional groups attached to an aromatic ring is 2. The van der Waals surface area contributed by atoms with Gasteiger partial charge in [0.15, 0.2) is 17.7 Å². The van der Waals surface area contributed by atoms with Crippen molar-refractivity contribution in [2.45, 2.75) is 24.5 Å². The van der Waals surface area contributed by atoms with Crippen molar-refractivity contribution in [3.05, 3.63) is 6.33 Å². The second kappa shape index (κ2) is 6.83. The molecule has 24 heavy (non-hydrogen) atoms. The van der Waals surface area contributed by atoms with E-state index in [1.807, 2.05) is 0 Å². The summed E-state index contributed by atoms with van der Waals surface area (Å²) in [7, 11) is 1.55. The van der Waals surface area contributed by atoms with E-state index in [0.29, 0.717) is 17.8 Å². The van der Waals surface area contributed by atoms with Gasteiger partial charge in [0.2, 0.25) is 5.95 Å². The van der Waals surface area contributed by atoms with E-state index in [1.165, 1.54) is 6.33 Å². The van der Waals surface area contributed by atoms with Crippen LogP contribution in [-0.4, -0.2) is 75.0 Å². The molecule has 2 aromatic heterocycles. The first-order valence-corrected chi connectivity index (χ1v) is 7.37. The number of nitrogens with two attached hydrogens (primary N) is 2. The maximum Gasteiger partial charge on any atom is 0.224 e. The zero-order chi connectivity index (χ0) is 17.3. The second-order valence-electron chi connectivity index (χ2n) is 5.36. The van der Waals surface area contributed by atoms with Crippen LogP contribution in [0.15, 0.2) is 6.33 Å². The van der Waals surface area contributed by atoms with Crippen LogP contribution in [0.1, 0.15) is 6.23 Å². The fraction of sp³-hybridized carbons (Fsp3) is 0.615. The average Bonchev–Trinajstić information content (AvgIpc) is 3.09. The van der Waals surface area contributed by atoms with E-state index in [-0.39, 0.29) is 25.0 Å². The second-order valence-corrected chi connectivity index (χ2v) is 5.36. The Morgan fingerprint density at radius 3 is 2.83 bits per heavy atom. The summed E-state index contributed by atoms with van der Waals surface area (Å²) in [6, 6.07) is 0. The molecular formula is C13H20N6O5. The molecule has 0 aliphatic carbocycles. The van der Waals surface area contributed by atoms with Crippen LogP contribution in [0.25, 0.3) is 11.2 Å². The summed E-state index contributed by atoms with van der Waals surface area (Å²) in [6.07, 6.45) is -1.86. The van der Waals surface area contributed by atoms with Crippen molar-refractivity contribution in [3.63, 3.8) is 0 Å². The third kappa shape index (κ3) is 2.87. The highest BCUT2D eigenvalue weighted by molar-refractivity contribution is 5.82. The number of aliphatic hydroxyl groups is 2. The predicted molar refractivity (Wildman–Crippen MR) is 82.8 cm³/mol. The lowest BCUT2D eigenvalue weighted by atomic mass is 10.1. The topological polar surface area (TPSA) is 164 Å². The molecule has 0 amide bonds. The molecule has 0 bridgehead atoms. The van der Waals surface area contributed by atoms with Gasteiger partial charge in [-0.25, -0.2) is 4.98 Å². The number of anilines is 2. The predicted octanol–water partition coefficient (Wildman–Crippen LogP) is -1.73. The van der Waals surface area contributed by atoms with Crippen molar-refractivity contribution >= 4 is 22.9 Å². The van der Waals surface area contributed by atoms with Crippen LogP contribution in [0.4, 0.5) is 11.8 Å². The van der Waals surface area contributed by atoms with E-state index < -0.39 is 24.5 Å². The molecule has 0 aromatic carbocycles. The number of ether oxygens (including phenoxy) is 3. The highest BCUT2D eigenvalue weighted by Gasteiger charge is 2.45. The van der Waals surface area contributed by atoms with Crippen molar-refractivity contribution in [1.82, 2.24) is 19.5 Å². The molecule has 2 aromatic rings. The van der Waals surface area contributed by atoms with Crippen molar-refractivity contribution in [2.75, 3.05) is 38.4 Å². The monoisotopic (exact) mass is 340 g/mol. The summed E-state index contributed by atoms with van der Waals surface area (Å²) in [5, 5.41) is 19.7. The molecule has 11 nitrogen and oxygen atoms in total. The van der Waals surface area contributed by atoms with Crippen molar-refractivity contribution in [1.29, 1.82) is 0 Å².